The van der Waals surface area contributed by atoms with Crippen LogP contribution in [0.2, 0.25) is 0 Å². The second kappa shape index (κ2) is 5.98. The summed E-state index contributed by atoms with van der Waals surface area (Å²) in [5, 5.41) is 0. The van der Waals surface area contributed by atoms with E-state index in [4.69, 9.17) is 10.5 Å². The zero-order chi connectivity index (χ0) is 14.9. The van der Waals surface area contributed by atoms with E-state index in [2.05, 4.69) is 37.2 Å². The summed E-state index contributed by atoms with van der Waals surface area (Å²) in [4.78, 5) is 2.38. The van der Waals surface area contributed by atoms with Crippen LogP contribution in [-0.2, 0) is 6.42 Å². The number of benzene rings is 1. The minimum atomic E-state index is 0.0801. The van der Waals surface area contributed by atoms with Crippen molar-refractivity contribution >= 4 is 0 Å². The van der Waals surface area contributed by atoms with E-state index in [9.17, 15) is 0 Å². The van der Waals surface area contributed by atoms with Crippen LogP contribution in [0.15, 0.2) is 18.2 Å². The Bertz CT molecular complexity index is 490. The van der Waals surface area contributed by atoms with E-state index >= 15 is 0 Å². The maximum atomic E-state index is 6.79. The molecule has 1 aromatic carbocycles. The van der Waals surface area contributed by atoms with Crippen molar-refractivity contribution in [3.05, 3.63) is 29.3 Å². The first-order valence-corrected chi connectivity index (χ1v) is 8.32. The van der Waals surface area contributed by atoms with Gasteiger partial charge >= 0.3 is 0 Å². The van der Waals surface area contributed by atoms with Crippen LogP contribution in [0.1, 0.15) is 55.7 Å². The molecule has 0 spiro atoms. The van der Waals surface area contributed by atoms with E-state index in [1.54, 1.807) is 0 Å². The topological polar surface area (TPSA) is 38.5 Å². The summed E-state index contributed by atoms with van der Waals surface area (Å²) in [5.74, 6) is 1.05. The Balaban J connectivity index is 1.91. The lowest BCUT2D eigenvalue weighted by molar-refractivity contribution is 0.0968. The number of nitrogens with two attached hydrogens (primary N) is 1. The van der Waals surface area contributed by atoms with Crippen LogP contribution in [0.4, 0.5) is 0 Å². The Hall–Kier alpha value is -1.06. The molecule has 1 heterocycles. The molecule has 1 aliphatic heterocycles. The van der Waals surface area contributed by atoms with Gasteiger partial charge < -0.3 is 15.4 Å². The lowest BCUT2D eigenvalue weighted by atomic mass is 9.78. The molecule has 0 saturated heterocycles. The van der Waals surface area contributed by atoms with Crippen molar-refractivity contribution in [1.29, 1.82) is 0 Å². The molecular formula is C18H28N2O. The molecule has 0 radical (unpaired) electrons. The molecule has 3 rings (SSSR count). The van der Waals surface area contributed by atoms with Gasteiger partial charge in [-0.2, -0.15) is 0 Å². The van der Waals surface area contributed by atoms with Gasteiger partial charge in [-0.15, -0.1) is 0 Å². The van der Waals surface area contributed by atoms with Crippen LogP contribution in [0.25, 0.3) is 0 Å². The standard InChI is InChI=1S/C18H28N2O/c1-20(2)18(10-5-3-4-6-11-18)17(19)15-7-8-16-14(13-15)9-12-21-16/h7-8,13,17H,3-6,9-12,19H2,1-2H3. The highest BCUT2D eigenvalue weighted by molar-refractivity contribution is 5.41. The maximum Gasteiger partial charge on any atom is 0.122 e. The van der Waals surface area contributed by atoms with Crippen LogP contribution < -0.4 is 10.5 Å². The number of likely N-dealkylation sites (N-methyl/N-ethyl adjacent to an activating group) is 1. The molecule has 1 unspecified atom stereocenters. The van der Waals surface area contributed by atoms with Gasteiger partial charge in [-0.1, -0.05) is 37.8 Å². The number of hydrogen-bond acceptors (Lipinski definition) is 3. The zero-order valence-corrected chi connectivity index (χ0v) is 13.4. The lowest BCUT2D eigenvalue weighted by Crippen LogP contribution is -2.52. The molecule has 3 heteroatoms. The van der Waals surface area contributed by atoms with Crippen LogP contribution in [-0.4, -0.2) is 31.1 Å². The second-order valence-corrected chi connectivity index (χ2v) is 6.86. The molecule has 1 atom stereocenters. The number of hydrogen-bond donors (Lipinski definition) is 1. The molecule has 21 heavy (non-hydrogen) atoms. The Morgan fingerprint density at radius 3 is 2.52 bits per heavy atom. The largest absolute Gasteiger partial charge is 0.493 e. The highest BCUT2D eigenvalue weighted by Gasteiger charge is 2.40. The first-order valence-electron chi connectivity index (χ1n) is 8.32. The lowest BCUT2D eigenvalue weighted by Gasteiger charge is -2.44. The van der Waals surface area contributed by atoms with Crippen LogP contribution >= 0.6 is 0 Å². The molecular weight excluding hydrogens is 260 g/mol. The fraction of sp³-hybridized carbons (Fsp3) is 0.667. The quantitative estimate of drug-likeness (QED) is 0.868. The monoisotopic (exact) mass is 288 g/mol. The van der Waals surface area contributed by atoms with Gasteiger partial charge in [-0.05, 0) is 44.1 Å². The van der Waals surface area contributed by atoms with E-state index < -0.39 is 0 Å². The molecule has 0 bridgehead atoms. The highest BCUT2D eigenvalue weighted by atomic mass is 16.5. The minimum absolute atomic E-state index is 0.0801. The maximum absolute atomic E-state index is 6.79. The van der Waals surface area contributed by atoms with Crippen molar-refractivity contribution in [2.45, 2.75) is 56.5 Å². The van der Waals surface area contributed by atoms with Crippen molar-refractivity contribution < 1.29 is 4.74 Å². The van der Waals surface area contributed by atoms with Crippen molar-refractivity contribution in [1.82, 2.24) is 4.90 Å². The number of fused-ring (bicyclic) bond motifs is 1. The minimum Gasteiger partial charge on any atom is -0.493 e. The first kappa shape index (κ1) is 14.9. The van der Waals surface area contributed by atoms with E-state index in [1.807, 2.05) is 0 Å². The molecule has 2 N–H and O–H groups in total. The molecule has 0 amide bonds. The van der Waals surface area contributed by atoms with Crippen molar-refractivity contribution in [2.75, 3.05) is 20.7 Å². The summed E-state index contributed by atoms with van der Waals surface area (Å²) in [5.41, 5.74) is 9.49. The third-order valence-corrected chi connectivity index (χ3v) is 5.51. The van der Waals surface area contributed by atoms with Gasteiger partial charge in [0, 0.05) is 18.0 Å². The predicted octanol–water partition coefficient (Wildman–Crippen LogP) is 3.28. The molecule has 3 nitrogen and oxygen atoms in total. The molecule has 1 aromatic rings. The number of ether oxygens (including phenoxy) is 1. The summed E-state index contributed by atoms with van der Waals surface area (Å²) < 4.78 is 5.62. The van der Waals surface area contributed by atoms with Crippen LogP contribution in [0.3, 0.4) is 0 Å². The predicted molar refractivity (Wildman–Crippen MR) is 86.7 cm³/mol. The Morgan fingerprint density at radius 1 is 1.14 bits per heavy atom. The van der Waals surface area contributed by atoms with Gasteiger partial charge in [0.05, 0.1) is 6.61 Å². The van der Waals surface area contributed by atoms with Crippen molar-refractivity contribution in [3.63, 3.8) is 0 Å². The van der Waals surface area contributed by atoms with E-state index in [1.165, 1.54) is 49.7 Å². The summed E-state index contributed by atoms with van der Waals surface area (Å²) in [6, 6.07) is 6.64. The molecule has 0 aromatic heterocycles. The Kier molecular flexibility index (Phi) is 4.23. The first-order chi connectivity index (χ1) is 10.1. The average Bonchev–Trinajstić information content (AvgIpc) is 2.80. The van der Waals surface area contributed by atoms with Gasteiger partial charge in [0.2, 0.25) is 0 Å². The summed E-state index contributed by atoms with van der Waals surface area (Å²) in [6.07, 6.45) is 8.70. The average molecular weight is 288 g/mol. The van der Waals surface area contributed by atoms with Crippen molar-refractivity contribution in [2.24, 2.45) is 5.73 Å². The van der Waals surface area contributed by atoms with Gasteiger partial charge in [0.25, 0.3) is 0 Å². The summed E-state index contributed by atoms with van der Waals surface area (Å²) in [6.45, 7) is 0.812. The number of rotatable bonds is 3. The molecule has 1 saturated carbocycles. The Labute approximate surface area is 128 Å². The van der Waals surface area contributed by atoms with Gasteiger partial charge in [-0.25, -0.2) is 0 Å². The van der Waals surface area contributed by atoms with Crippen LogP contribution in [0, 0.1) is 0 Å². The van der Waals surface area contributed by atoms with Crippen molar-refractivity contribution in [3.8, 4) is 5.75 Å². The second-order valence-electron chi connectivity index (χ2n) is 6.86. The molecule has 1 aliphatic carbocycles. The third-order valence-electron chi connectivity index (χ3n) is 5.51. The van der Waals surface area contributed by atoms with Gasteiger partial charge in [0.1, 0.15) is 5.75 Å². The molecule has 116 valence electrons. The smallest absolute Gasteiger partial charge is 0.122 e. The van der Waals surface area contributed by atoms with Gasteiger partial charge in [0.15, 0.2) is 0 Å². The molecule has 2 aliphatic rings. The van der Waals surface area contributed by atoms with E-state index in [-0.39, 0.29) is 11.6 Å². The zero-order valence-electron chi connectivity index (χ0n) is 13.4. The fourth-order valence-electron chi connectivity index (χ4n) is 4.09. The Morgan fingerprint density at radius 2 is 1.86 bits per heavy atom. The third kappa shape index (κ3) is 2.69. The normalized spacial score (nSPS) is 22.5. The van der Waals surface area contributed by atoms with Crippen LogP contribution in [0.5, 0.6) is 5.75 Å². The summed E-state index contributed by atoms with van der Waals surface area (Å²) in [7, 11) is 4.39. The SMILES string of the molecule is CN(C)C1(C(N)c2ccc3c(c2)CCO3)CCCCCC1. The molecule has 1 fully saturated rings. The fourth-order valence-corrected chi connectivity index (χ4v) is 4.09. The van der Waals surface area contributed by atoms with Gasteiger partial charge in [-0.3, -0.25) is 0 Å². The highest BCUT2D eigenvalue weighted by Crippen LogP contribution is 2.41. The number of nitrogens with zero attached hydrogens (tertiary/aromatic N) is 1. The van der Waals surface area contributed by atoms with E-state index in [0.29, 0.717) is 0 Å². The summed E-state index contributed by atoms with van der Waals surface area (Å²) >= 11 is 0. The van der Waals surface area contributed by atoms with E-state index in [0.717, 1.165) is 18.8 Å².